The standard InChI is InChI=1S/C5H3Br3N2/c6-1-3-2-9-5(8)10-4(3)7/h2H,1H2. The highest BCUT2D eigenvalue weighted by Gasteiger charge is 1.99. The number of nitrogens with zero attached hydrogens (tertiary/aromatic N) is 2. The minimum atomic E-state index is 0.601. The molecule has 0 aliphatic rings. The molecule has 0 spiro atoms. The molecule has 0 N–H and O–H groups in total. The number of hydrogen-bond acceptors (Lipinski definition) is 2. The Morgan fingerprint density at radius 3 is 2.60 bits per heavy atom. The molecular formula is C5H3Br3N2. The van der Waals surface area contributed by atoms with Gasteiger partial charge in [0.05, 0.1) is 0 Å². The zero-order valence-electron chi connectivity index (χ0n) is 4.81. The van der Waals surface area contributed by atoms with Crippen molar-refractivity contribution in [3.63, 3.8) is 0 Å². The summed E-state index contributed by atoms with van der Waals surface area (Å²) in [7, 11) is 0. The third-order valence-electron chi connectivity index (χ3n) is 0.926. The van der Waals surface area contributed by atoms with E-state index in [-0.39, 0.29) is 0 Å². The lowest BCUT2D eigenvalue weighted by Crippen LogP contribution is -1.88. The van der Waals surface area contributed by atoms with Crippen LogP contribution in [-0.2, 0) is 5.33 Å². The van der Waals surface area contributed by atoms with E-state index in [1.54, 1.807) is 6.20 Å². The van der Waals surface area contributed by atoms with Gasteiger partial charge in [-0.15, -0.1) is 0 Å². The normalized spacial score (nSPS) is 9.90. The number of hydrogen-bond donors (Lipinski definition) is 0. The van der Waals surface area contributed by atoms with Crippen molar-refractivity contribution in [2.45, 2.75) is 5.33 Å². The predicted octanol–water partition coefficient (Wildman–Crippen LogP) is 2.90. The minimum Gasteiger partial charge on any atom is -0.230 e. The SMILES string of the molecule is BrCc1cnc(Br)nc1Br. The Kier molecular flexibility index (Phi) is 3.26. The lowest BCUT2D eigenvalue weighted by Gasteiger charge is -1.96. The van der Waals surface area contributed by atoms with Crippen molar-refractivity contribution in [3.05, 3.63) is 21.1 Å². The van der Waals surface area contributed by atoms with E-state index >= 15 is 0 Å². The van der Waals surface area contributed by atoms with Crippen molar-refractivity contribution < 1.29 is 0 Å². The Hall–Kier alpha value is 0.520. The van der Waals surface area contributed by atoms with Crippen LogP contribution in [0.5, 0.6) is 0 Å². The number of aromatic nitrogens is 2. The topological polar surface area (TPSA) is 25.8 Å². The first-order valence-electron chi connectivity index (χ1n) is 2.47. The summed E-state index contributed by atoms with van der Waals surface area (Å²) in [4.78, 5) is 7.99. The number of halogens is 3. The first-order valence-corrected chi connectivity index (χ1v) is 5.17. The van der Waals surface area contributed by atoms with Gasteiger partial charge in [-0.05, 0) is 31.9 Å². The quantitative estimate of drug-likeness (QED) is 0.449. The molecule has 0 unspecified atom stereocenters. The van der Waals surface area contributed by atoms with Gasteiger partial charge in [0.1, 0.15) is 4.60 Å². The Balaban J connectivity index is 3.07. The molecule has 0 fully saturated rings. The highest BCUT2D eigenvalue weighted by Crippen LogP contribution is 2.17. The molecule has 1 aromatic heterocycles. The van der Waals surface area contributed by atoms with Crippen LogP contribution in [0.3, 0.4) is 0 Å². The molecular weight excluding hydrogens is 328 g/mol. The zero-order valence-corrected chi connectivity index (χ0v) is 9.57. The number of alkyl halides is 1. The van der Waals surface area contributed by atoms with E-state index in [2.05, 4.69) is 57.8 Å². The van der Waals surface area contributed by atoms with Gasteiger partial charge in [-0.1, -0.05) is 15.9 Å². The summed E-state index contributed by atoms with van der Waals surface area (Å²) in [5, 5.41) is 0.765. The molecule has 0 radical (unpaired) electrons. The van der Waals surface area contributed by atoms with Crippen molar-refractivity contribution in [1.29, 1.82) is 0 Å². The Bertz CT molecular complexity index is 238. The molecule has 0 aliphatic heterocycles. The summed E-state index contributed by atoms with van der Waals surface area (Å²) in [6.45, 7) is 0. The van der Waals surface area contributed by atoms with Gasteiger partial charge < -0.3 is 0 Å². The average molecular weight is 331 g/mol. The third-order valence-corrected chi connectivity index (χ3v) is 2.60. The summed E-state index contributed by atoms with van der Waals surface area (Å²) in [5.41, 5.74) is 1.04. The van der Waals surface area contributed by atoms with E-state index in [0.717, 1.165) is 15.5 Å². The van der Waals surface area contributed by atoms with Gasteiger partial charge in [-0.2, -0.15) is 0 Å². The summed E-state index contributed by atoms with van der Waals surface area (Å²) in [6, 6.07) is 0. The molecule has 1 aromatic rings. The molecule has 10 heavy (non-hydrogen) atoms. The van der Waals surface area contributed by atoms with Crippen LogP contribution in [-0.4, -0.2) is 9.97 Å². The maximum atomic E-state index is 4.04. The molecule has 54 valence electrons. The highest BCUT2D eigenvalue weighted by molar-refractivity contribution is 9.11. The smallest absolute Gasteiger partial charge is 0.197 e. The molecule has 1 rings (SSSR count). The molecule has 0 saturated heterocycles. The van der Waals surface area contributed by atoms with Crippen molar-refractivity contribution in [1.82, 2.24) is 9.97 Å². The second kappa shape index (κ2) is 3.78. The summed E-state index contributed by atoms with van der Waals surface area (Å²) in [6.07, 6.45) is 1.76. The average Bonchev–Trinajstić information content (AvgIpc) is 1.88. The third kappa shape index (κ3) is 2.00. The largest absolute Gasteiger partial charge is 0.230 e. The van der Waals surface area contributed by atoms with Crippen molar-refractivity contribution in [2.75, 3.05) is 0 Å². The molecule has 0 aliphatic carbocycles. The molecule has 0 saturated carbocycles. The van der Waals surface area contributed by atoms with Crippen LogP contribution >= 0.6 is 47.8 Å². The Morgan fingerprint density at radius 1 is 1.40 bits per heavy atom. The number of rotatable bonds is 1. The molecule has 0 bridgehead atoms. The van der Waals surface area contributed by atoms with Gasteiger partial charge in [0, 0.05) is 17.1 Å². The molecule has 1 heterocycles. The summed E-state index contributed by atoms with van der Waals surface area (Å²) < 4.78 is 1.43. The van der Waals surface area contributed by atoms with Crippen LogP contribution in [0.2, 0.25) is 0 Å². The van der Waals surface area contributed by atoms with Crippen LogP contribution in [0.4, 0.5) is 0 Å². The Morgan fingerprint density at radius 2 is 2.10 bits per heavy atom. The van der Waals surface area contributed by atoms with Crippen LogP contribution in [0.15, 0.2) is 15.5 Å². The second-order valence-electron chi connectivity index (χ2n) is 1.59. The van der Waals surface area contributed by atoms with Crippen LogP contribution in [0.25, 0.3) is 0 Å². The van der Waals surface area contributed by atoms with E-state index in [1.807, 2.05) is 0 Å². The van der Waals surface area contributed by atoms with E-state index < -0.39 is 0 Å². The lowest BCUT2D eigenvalue weighted by molar-refractivity contribution is 1.05. The van der Waals surface area contributed by atoms with Gasteiger partial charge in [0.2, 0.25) is 0 Å². The summed E-state index contributed by atoms with van der Waals surface area (Å²) >= 11 is 9.76. The molecule has 0 amide bonds. The van der Waals surface area contributed by atoms with Crippen LogP contribution in [0, 0.1) is 0 Å². The van der Waals surface area contributed by atoms with Crippen molar-refractivity contribution >= 4 is 47.8 Å². The van der Waals surface area contributed by atoms with E-state index in [9.17, 15) is 0 Å². The van der Waals surface area contributed by atoms with Gasteiger partial charge in [0.15, 0.2) is 4.73 Å². The maximum absolute atomic E-state index is 4.04. The fourth-order valence-electron chi connectivity index (χ4n) is 0.456. The van der Waals surface area contributed by atoms with Crippen LogP contribution < -0.4 is 0 Å². The zero-order chi connectivity index (χ0) is 7.56. The molecule has 5 heteroatoms. The van der Waals surface area contributed by atoms with Gasteiger partial charge in [-0.25, -0.2) is 9.97 Å². The fourth-order valence-corrected chi connectivity index (χ4v) is 2.17. The van der Waals surface area contributed by atoms with Gasteiger partial charge in [-0.3, -0.25) is 0 Å². The van der Waals surface area contributed by atoms with Gasteiger partial charge in [0.25, 0.3) is 0 Å². The summed E-state index contributed by atoms with van der Waals surface area (Å²) in [5.74, 6) is 0. The second-order valence-corrected chi connectivity index (χ2v) is 3.61. The predicted molar refractivity (Wildman–Crippen MR) is 50.1 cm³/mol. The van der Waals surface area contributed by atoms with E-state index in [1.165, 1.54) is 0 Å². The first kappa shape index (κ1) is 8.62. The molecule has 0 atom stereocenters. The highest BCUT2D eigenvalue weighted by atomic mass is 79.9. The Labute approximate surface area is 83.8 Å². The van der Waals surface area contributed by atoms with E-state index in [4.69, 9.17) is 0 Å². The monoisotopic (exact) mass is 328 g/mol. The van der Waals surface area contributed by atoms with Crippen molar-refractivity contribution in [3.8, 4) is 0 Å². The first-order chi connectivity index (χ1) is 4.74. The van der Waals surface area contributed by atoms with Gasteiger partial charge >= 0.3 is 0 Å². The van der Waals surface area contributed by atoms with Crippen molar-refractivity contribution in [2.24, 2.45) is 0 Å². The molecule has 0 aromatic carbocycles. The fraction of sp³-hybridized carbons (Fsp3) is 0.200. The lowest BCUT2D eigenvalue weighted by atomic mass is 10.4. The molecule has 2 nitrogen and oxygen atoms in total. The van der Waals surface area contributed by atoms with Crippen LogP contribution in [0.1, 0.15) is 5.56 Å². The maximum Gasteiger partial charge on any atom is 0.197 e. The van der Waals surface area contributed by atoms with E-state index in [0.29, 0.717) is 4.73 Å². The minimum absolute atomic E-state index is 0.601.